The molecule has 1 unspecified atom stereocenters. The maximum Gasteiger partial charge on any atom is 0.408 e. The minimum Gasteiger partial charge on any atom is -0.733 e. The van der Waals surface area contributed by atoms with E-state index >= 15 is 0 Å². The lowest BCUT2D eigenvalue weighted by Gasteiger charge is -2.23. The van der Waals surface area contributed by atoms with Gasteiger partial charge in [0.25, 0.3) is 0 Å². The molecule has 0 bridgehead atoms. The van der Waals surface area contributed by atoms with E-state index in [4.69, 9.17) is 19.4 Å². The van der Waals surface area contributed by atoms with Gasteiger partial charge in [-0.15, -0.1) is 0 Å². The third kappa shape index (κ3) is 11.1. The molecular formula is C25H32N3O8-. The average Bonchev–Trinajstić information content (AvgIpc) is 2.81. The van der Waals surface area contributed by atoms with E-state index in [2.05, 4.69) is 10.6 Å². The quantitative estimate of drug-likeness (QED) is 0.177. The SMILES string of the molecule is CC(C)(C)OC(=O)NC(CCCCNC(=O)OCc1ccccc1)C(=O)Oc1ccc(N([O-])O)cc1. The highest BCUT2D eigenvalue weighted by atomic mass is 16.8. The molecule has 11 nitrogen and oxygen atoms in total. The van der Waals surface area contributed by atoms with Gasteiger partial charge in [0, 0.05) is 6.54 Å². The van der Waals surface area contributed by atoms with Gasteiger partial charge in [-0.2, -0.15) is 0 Å². The maximum absolute atomic E-state index is 12.7. The first kappa shape index (κ1) is 28.4. The maximum atomic E-state index is 12.7. The monoisotopic (exact) mass is 502 g/mol. The molecule has 0 saturated carbocycles. The molecule has 0 aliphatic rings. The second kappa shape index (κ2) is 13.9. The minimum atomic E-state index is -1.02. The molecule has 196 valence electrons. The topological polar surface area (TPSA) is 149 Å². The number of ether oxygens (including phenoxy) is 3. The molecule has 0 saturated heterocycles. The number of nitrogens with zero attached hydrogens (tertiary/aromatic N) is 1. The van der Waals surface area contributed by atoms with Crippen LogP contribution in [0, 0.1) is 5.21 Å². The van der Waals surface area contributed by atoms with Gasteiger partial charge in [0.15, 0.2) is 0 Å². The molecule has 11 heteroatoms. The summed E-state index contributed by atoms with van der Waals surface area (Å²) < 4.78 is 15.7. The predicted molar refractivity (Wildman–Crippen MR) is 131 cm³/mol. The Hall–Kier alpha value is -3.83. The zero-order valence-corrected chi connectivity index (χ0v) is 20.6. The van der Waals surface area contributed by atoms with Crippen LogP contribution in [0.3, 0.4) is 0 Å². The normalized spacial score (nSPS) is 11.7. The molecule has 2 amide bonds. The van der Waals surface area contributed by atoms with Crippen molar-refractivity contribution >= 4 is 23.8 Å². The van der Waals surface area contributed by atoms with Crippen LogP contribution < -0.4 is 20.6 Å². The fraction of sp³-hybridized carbons (Fsp3) is 0.400. The minimum absolute atomic E-state index is 0.0342. The van der Waals surface area contributed by atoms with Crippen LogP contribution >= 0.6 is 0 Å². The zero-order valence-electron chi connectivity index (χ0n) is 20.6. The number of hydrogen-bond acceptors (Lipinski definition) is 9. The summed E-state index contributed by atoms with van der Waals surface area (Å²) in [5.74, 6) is -0.601. The number of anilines is 1. The first-order valence-electron chi connectivity index (χ1n) is 11.5. The molecule has 2 rings (SSSR count). The average molecular weight is 503 g/mol. The summed E-state index contributed by atoms with van der Waals surface area (Å²) in [5.41, 5.74) is 0.0824. The number of carbonyl (C=O) groups is 3. The van der Waals surface area contributed by atoms with Crippen molar-refractivity contribution in [1.82, 2.24) is 10.6 Å². The van der Waals surface area contributed by atoms with Gasteiger partial charge in [0.05, 0.1) is 5.69 Å². The summed E-state index contributed by atoms with van der Waals surface area (Å²) in [5, 5.41) is 24.7. The molecule has 0 radical (unpaired) electrons. The molecule has 0 aliphatic carbocycles. The van der Waals surface area contributed by atoms with Gasteiger partial charge in [-0.3, -0.25) is 5.21 Å². The smallest absolute Gasteiger partial charge is 0.408 e. The highest BCUT2D eigenvalue weighted by Crippen LogP contribution is 2.19. The Bertz CT molecular complexity index is 975. The first-order chi connectivity index (χ1) is 17.0. The second-order valence-electron chi connectivity index (χ2n) is 8.87. The second-order valence-corrected chi connectivity index (χ2v) is 8.87. The van der Waals surface area contributed by atoms with Gasteiger partial charge in [0.1, 0.15) is 24.0 Å². The highest BCUT2D eigenvalue weighted by molar-refractivity contribution is 5.83. The standard InChI is InChI=1S/C25H32N3O8/c1-25(2,3)36-24(31)27-21(22(29)35-20-14-12-19(13-15-20)28(32)33)11-7-8-16-26-23(30)34-17-18-9-5-4-6-10-18/h4-6,9-10,12-15,21,32H,7-8,11,16-17H2,1-3H3,(H,26,30)(H,27,31)/q-1. The third-order valence-corrected chi connectivity index (χ3v) is 4.65. The Morgan fingerprint density at radius 1 is 1.00 bits per heavy atom. The van der Waals surface area contributed by atoms with Crippen LogP contribution in [0.1, 0.15) is 45.6 Å². The first-order valence-corrected chi connectivity index (χ1v) is 11.5. The Kier molecular flexibility index (Phi) is 11.0. The van der Waals surface area contributed by atoms with E-state index in [-0.39, 0.29) is 29.7 Å². The van der Waals surface area contributed by atoms with Crippen LogP contribution in [0.25, 0.3) is 0 Å². The van der Waals surface area contributed by atoms with Crippen molar-refractivity contribution in [3.8, 4) is 5.75 Å². The van der Waals surface area contributed by atoms with Gasteiger partial charge in [0.2, 0.25) is 0 Å². The summed E-state index contributed by atoms with van der Waals surface area (Å²) in [6.45, 7) is 5.57. The Labute approximate surface area is 209 Å². The summed E-state index contributed by atoms with van der Waals surface area (Å²) >= 11 is 0. The molecule has 2 aromatic carbocycles. The van der Waals surface area contributed by atoms with Crippen LogP contribution in [-0.4, -0.2) is 41.6 Å². The van der Waals surface area contributed by atoms with Gasteiger partial charge in [-0.25, -0.2) is 14.4 Å². The van der Waals surface area contributed by atoms with Crippen molar-refractivity contribution in [2.24, 2.45) is 0 Å². The van der Waals surface area contributed by atoms with Crippen LogP contribution in [0.5, 0.6) is 5.75 Å². The van der Waals surface area contributed by atoms with Crippen LogP contribution in [-0.2, 0) is 20.9 Å². The molecule has 0 spiro atoms. The number of esters is 1. The van der Waals surface area contributed by atoms with E-state index in [1.165, 1.54) is 24.3 Å². The molecule has 0 fully saturated rings. The number of rotatable bonds is 11. The van der Waals surface area contributed by atoms with Crippen molar-refractivity contribution in [3.63, 3.8) is 0 Å². The van der Waals surface area contributed by atoms with Crippen LogP contribution in [0.4, 0.5) is 15.3 Å². The number of amides is 2. The predicted octanol–water partition coefficient (Wildman–Crippen LogP) is 4.28. The molecule has 0 aromatic heterocycles. The van der Waals surface area contributed by atoms with Crippen molar-refractivity contribution in [1.29, 1.82) is 0 Å². The Balaban J connectivity index is 1.84. The summed E-state index contributed by atoms with van der Waals surface area (Å²) in [4.78, 5) is 36.8. The Morgan fingerprint density at radius 2 is 1.67 bits per heavy atom. The molecule has 1 atom stereocenters. The molecular weight excluding hydrogens is 470 g/mol. The molecule has 3 N–H and O–H groups in total. The van der Waals surface area contributed by atoms with Crippen molar-refractivity contribution in [2.75, 3.05) is 11.8 Å². The van der Waals surface area contributed by atoms with Crippen LogP contribution in [0.15, 0.2) is 54.6 Å². The van der Waals surface area contributed by atoms with E-state index in [9.17, 15) is 19.6 Å². The fourth-order valence-electron chi connectivity index (χ4n) is 2.97. The lowest BCUT2D eigenvalue weighted by Crippen LogP contribution is -2.45. The van der Waals surface area contributed by atoms with Gasteiger partial charge in [-0.1, -0.05) is 30.3 Å². The molecule has 0 heterocycles. The van der Waals surface area contributed by atoms with Crippen molar-refractivity contribution in [3.05, 3.63) is 65.4 Å². The Morgan fingerprint density at radius 3 is 2.28 bits per heavy atom. The third-order valence-electron chi connectivity index (χ3n) is 4.65. The molecule has 0 aliphatic heterocycles. The summed E-state index contributed by atoms with van der Waals surface area (Å²) in [6, 6.07) is 13.5. The largest absolute Gasteiger partial charge is 0.733 e. The number of benzene rings is 2. The highest BCUT2D eigenvalue weighted by Gasteiger charge is 2.25. The van der Waals surface area contributed by atoms with Crippen LogP contribution in [0.2, 0.25) is 0 Å². The molecule has 36 heavy (non-hydrogen) atoms. The fourth-order valence-corrected chi connectivity index (χ4v) is 2.97. The van der Waals surface area contributed by atoms with E-state index in [0.717, 1.165) is 5.56 Å². The van der Waals surface area contributed by atoms with Gasteiger partial charge < -0.3 is 35.3 Å². The van der Waals surface area contributed by atoms with Crippen molar-refractivity contribution < 1.29 is 33.8 Å². The lowest BCUT2D eigenvalue weighted by atomic mass is 10.1. The van der Waals surface area contributed by atoms with Gasteiger partial charge in [-0.05, 0) is 69.9 Å². The number of nitrogens with one attached hydrogen (secondary N) is 2. The number of hydrogen-bond donors (Lipinski definition) is 3. The van der Waals surface area contributed by atoms with E-state index in [0.29, 0.717) is 19.4 Å². The van der Waals surface area contributed by atoms with E-state index < -0.39 is 29.8 Å². The van der Waals surface area contributed by atoms with E-state index in [1.54, 1.807) is 20.8 Å². The summed E-state index contributed by atoms with van der Waals surface area (Å²) in [6.07, 6.45) is -0.107. The number of unbranched alkanes of at least 4 members (excludes halogenated alkanes) is 1. The molecule has 2 aromatic rings. The van der Waals surface area contributed by atoms with Gasteiger partial charge >= 0.3 is 18.2 Å². The van der Waals surface area contributed by atoms with Crippen molar-refractivity contribution in [2.45, 2.75) is 58.3 Å². The zero-order chi connectivity index (χ0) is 26.6. The number of carbonyl (C=O) groups excluding carboxylic acids is 3. The van der Waals surface area contributed by atoms with E-state index in [1.807, 2.05) is 30.3 Å². The summed E-state index contributed by atoms with van der Waals surface area (Å²) in [7, 11) is 0. The lowest BCUT2D eigenvalue weighted by molar-refractivity contribution is -0.137. The number of alkyl carbamates (subject to hydrolysis) is 2.